The van der Waals surface area contributed by atoms with Gasteiger partial charge in [-0.25, -0.2) is 4.79 Å². The van der Waals surface area contributed by atoms with Crippen molar-refractivity contribution < 1.29 is 14.3 Å². The molecule has 2 heterocycles. The van der Waals surface area contributed by atoms with E-state index in [-0.39, 0.29) is 24.0 Å². The molecule has 3 amide bonds. The fourth-order valence-corrected chi connectivity index (χ4v) is 2.72. The number of carbonyl (C=O) groups excluding carboxylic acids is 2. The van der Waals surface area contributed by atoms with Gasteiger partial charge in [0.2, 0.25) is 0 Å². The lowest BCUT2D eigenvalue weighted by Gasteiger charge is -2.18. The van der Waals surface area contributed by atoms with E-state index in [0.717, 1.165) is 17.7 Å². The van der Waals surface area contributed by atoms with Crippen LogP contribution in [0.15, 0.2) is 24.3 Å². The van der Waals surface area contributed by atoms with Crippen LogP contribution in [0, 0.1) is 5.92 Å². The highest BCUT2D eigenvalue weighted by molar-refractivity contribution is 6.04. The second-order valence-corrected chi connectivity index (χ2v) is 5.67. The van der Waals surface area contributed by atoms with E-state index in [1.54, 1.807) is 0 Å². The van der Waals surface area contributed by atoms with E-state index in [1.165, 1.54) is 4.90 Å². The van der Waals surface area contributed by atoms with E-state index in [0.29, 0.717) is 6.54 Å². The Morgan fingerprint density at radius 1 is 1.35 bits per heavy atom. The standard InChI is InChI=1S/C15H18N2O3/c1-9(2)13-14(18)17(15(19)16-13)8-11-7-10-5-3-4-6-12(10)20-11/h3-6,9,11,13H,7-8H2,1-2H3,(H,16,19)/t11-,13-/m0/s1. The van der Waals surface area contributed by atoms with Crippen molar-refractivity contribution >= 4 is 11.9 Å². The first-order valence-electron chi connectivity index (χ1n) is 6.92. The van der Waals surface area contributed by atoms with Crippen molar-refractivity contribution in [3.63, 3.8) is 0 Å². The van der Waals surface area contributed by atoms with Crippen molar-refractivity contribution in [3.8, 4) is 5.75 Å². The molecule has 0 spiro atoms. The molecule has 20 heavy (non-hydrogen) atoms. The molecule has 1 aromatic rings. The third-order valence-electron chi connectivity index (χ3n) is 3.82. The number of amides is 3. The number of hydrogen-bond acceptors (Lipinski definition) is 3. The Morgan fingerprint density at radius 3 is 2.75 bits per heavy atom. The summed E-state index contributed by atoms with van der Waals surface area (Å²) in [4.78, 5) is 25.4. The van der Waals surface area contributed by atoms with Gasteiger partial charge in [0, 0.05) is 6.42 Å². The quantitative estimate of drug-likeness (QED) is 0.851. The second kappa shape index (κ2) is 4.81. The van der Waals surface area contributed by atoms with Crippen molar-refractivity contribution in [1.29, 1.82) is 0 Å². The van der Waals surface area contributed by atoms with Crippen LogP contribution in [-0.4, -0.2) is 35.5 Å². The number of benzene rings is 1. The maximum absolute atomic E-state index is 12.2. The zero-order valence-corrected chi connectivity index (χ0v) is 11.6. The maximum atomic E-state index is 12.2. The third-order valence-corrected chi connectivity index (χ3v) is 3.82. The van der Waals surface area contributed by atoms with E-state index in [4.69, 9.17) is 4.74 Å². The van der Waals surface area contributed by atoms with Crippen LogP contribution in [-0.2, 0) is 11.2 Å². The van der Waals surface area contributed by atoms with Gasteiger partial charge in [-0.15, -0.1) is 0 Å². The molecule has 0 unspecified atom stereocenters. The molecule has 2 aliphatic heterocycles. The number of imide groups is 1. The highest BCUT2D eigenvalue weighted by Crippen LogP contribution is 2.29. The van der Waals surface area contributed by atoms with E-state index in [9.17, 15) is 9.59 Å². The Kier molecular flexibility index (Phi) is 3.12. The predicted octanol–water partition coefficient (Wildman–Crippen LogP) is 1.57. The molecule has 5 nitrogen and oxygen atoms in total. The lowest BCUT2D eigenvalue weighted by atomic mass is 10.0. The number of hydrogen-bond donors (Lipinski definition) is 1. The topological polar surface area (TPSA) is 58.6 Å². The van der Waals surface area contributed by atoms with Gasteiger partial charge in [-0.2, -0.15) is 0 Å². The van der Waals surface area contributed by atoms with Gasteiger partial charge in [0.05, 0.1) is 6.54 Å². The summed E-state index contributed by atoms with van der Waals surface area (Å²) in [7, 11) is 0. The van der Waals surface area contributed by atoms with Crippen molar-refractivity contribution in [1.82, 2.24) is 10.2 Å². The van der Waals surface area contributed by atoms with Crippen molar-refractivity contribution in [2.24, 2.45) is 5.92 Å². The molecule has 0 bridgehead atoms. The Hall–Kier alpha value is -2.04. The summed E-state index contributed by atoms with van der Waals surface area (Å²) in [6, 6.07) is 7.09. The third kappa shape index (κ3) is 2.13. The maximum Gasteiger partial charge on any atom is 0.324 e. The highest BCUT2D eigenvalue weighted by atomic mass is 16.5. The number of para-hydroxylation sites is 1. The van der Waals surface area contributed by atoms with E-state index in [1.807, 2.05) is 38.1 Å². The van der Waals surface area contributed by atoms with Crippen molar-refractivity contribution in [3.05, 3.63) is 29.8 Å². The summed E-state index contributed by atoms with van der Waals surface area (Å²) >= 11 is 0. The van der Waals surface area contributed by atoms with Gasteiger partial charge in [0.15, 0.2) is 0 Å². The van der Waals surface area contributed by atoms with Gasteiger partial charge in [0.25, 0.3) is 5.91 Å². The lowest BCUT2D eigenvalue weighted by Crippen LogP contribution is -2.40. The second-order valence-electron chi connectivity index (χ2n) is 5.67. The van der Waals surface area contributed by atoms with Crippen molar-refractivity contribution in [2.45, 2.75) is 32.4 Å². The summed E-state index contributed by atoms with van der Waals surface area (Å²) < 4.78 is 5.79. The van der Waals surface area contributed by atoms with Crippen LogP contribution in [0.3, 0.4) is 0 Å². The molecule has 5 heteroatoms. The largest absolute Gasteiger partial charge is 0.488 e. The predicted molar refractivity (Wildman–Crippen MR) is 73.4 cm³/mol. The summed E-state index contributed by atoms with van der Waals surface area (Å²) in [5, 5.41) is 2.73. The van der Waals surface area contributed by atoms with Crippen LogP contribution < -0.4 is 10.1 Å². The molecule has 106 valence electrons. The molecular formula is C15H18N2O3. The molecule has 1 aromatic carbocycles. The number of rotatable bonds is 3. The highest BCUT2D eigenvalue weighted by Gasteiger charge is 2.41. The number of carbonyl (C=O) groups is 2. The number of nitrogens with zero attached hydrogens (tertiary/aromatic N) is 1. The molecule has 1 saturated heterocycles. The van der Waals surface area contributed by atoms with Gasteiger partial charge in [-0.05, 0) is 17.5 Å². The first-order valence-corrected chi connectivity index (χ1v) is 6.92. The minimum Gasteiger partial charge on any atom is -0.488 e. The minimum absolute atomic E-state index is 0.0955. The molecule has 1 fully saturated rings. The van der Waals surface area contributed by atoms with E-state index < -0.39 is 6.04 Å². The molecule has 0 radical (unpaired) electrons. The minimum atomic E-state index is -0.411. The first kappa shape index (κ1) is 13.0. The van der Waals surface area contributed by atoms with E-state index in [2.05, 4.69) is 5.32 Å². The number of ether oxygens (including phenoxy) is 1. The lowest BCUT2D eigenvalue weighted by molar-refractivity contribution is -0.129. The van der Waals surface area contributed by atoms with Crippen molar-refractivity contribution in [2.75, 3.05) is 6.54 Å². The Labute approximate surface area is 117 Å². The molecule has 0 aliphatic carbocycles. The average Bonchev–Trinajstić information content (AvgIpc) is 2.94. The number of nitrogens with one attached hydrogen (secondary N) is 1. The molecule has 1 N–H and O–H groups in total. The first-order chi connectivity index (χ1) is 9.56. The summed E-state index contributed by atoms with van der Waals surface area (Å²) in [5.41, 5.74) is 1.13. The van der Waals surface area contributed by atoms with Crippen LogP contribution in [0.25, 0.3) is 0 Å². The molecule has 3 rings (SSSR count). The number of fused-ring (bicyclic) bond motifs is 1. The molecular weight excluding hydrogens is 256 g/mol. The Morgan fingerprint density at radius 2 is 2.10 bits per heavy atom. The Bertz CT molecular complexity index is 531. The van der Waals surface area contributed by atoms with Crippen LogP contribution in [0.5, 0.6) is 5.75 Å². The van der Waals surface area contributed by atoms with Crippen LogP contribution in [0.2, 0.25) is 0 Å². The molecule has 0 aromatic heterocycles. The molecule has 0 saturated carbocycles. The monoisotopic (exact) mass is 274 g/mol. The zero-order chi connectivity index (χ0) is 14.3. The molecule has 2 aliphatic rings. The van der Waals surface area contributed by atoms with Crippen LogP contribution in [0.4, 0.5) is 4.79 Å². The fourth-order valence-electron chi connectivity index (χ4n) is 2.72. The average molecular weight is 274 g/mol. The summed E-state index contributed by atoms with van der Waals surface area (Å²) in [6.45, 7) is 4.16. The zero-order valence-electron chi connectivity index (χ0n) is 11.6. The van der Waals surface area contributed by atoms with Gasteiger partial charge >= 0.3 is 6.03 Å². The number of urea groups is 1. The van der Waals surface area contributed by atoms with Gasteiger partial charge < -0.3 is 10.1 Å². The summed E-state index contributed by atoms with van der Waals surface area (Å²) in [5.74, 6) is 0.799. The van der Waals surface area contributed by atoms with Gasteiger partial charge in [0.1, 0.15) is 17.9 Å². The normalized spacial score (nSPS) is 24.9. The summed E-state index contributed by atoms with van der Waals surface area (Å²) in [6.07, 6.45) is 0.590. The van der Waals surface area contributed by atoms with Crippen LogP contribution >= 0.6 is 0 Å². The Balaban J connectivity index is 1.68. The smallest absolute Gasteiger partial charge is 0.324 e. The molecule has 2 atom stereocenters. The SMILES string of the molecule is CC(C)[C@@H]1NC(=O)N(C[C@@H]2Cc3ccccc3O2)C1=O. The van der Waals surface area contributed by atoms with E-state index >= 15 is 0 Å². The fraction of sp³-hybridized carbons (Fsp3) is 0.467. The van der Waals surface area contributed by atoms with Gasteiger partial charge in [-0.1, -0.05) is 32.0 Å². The van der Waals surface area contributed by atoms with Gasteiger partial charge in [-0.3, -0.25) is 9.69 Å². The van der Waals surface area contributed by atoms with Crippen LogP contribution in [0.1, 0.15) is 19.4 Å².